The highest BCUT2D eigenvalue weighted by Crippen LogP contribution is 2.26. The fourth-order valence-corrected chi connectivity index (χ4v) is 3.35. The molecule has 1 fully saturated rings. The highest BCUT2D eigenvalue weighted by atomic mass is 32.2. The van der Waals surface area contributed by atoms with Crippen molar-refractivity contribution in [3.8, 4) is 0 Å². The topological polar surface area (TPSA) is 38.3 Å². The summed E-state index contributed by atoms with van der Waals surface area (Å²) in [5, 5.41) is 3.44. The molecule has 0 amide bonds. The molecular formula is C17H25NO2S. The van der Waals surface area contributed by atoms with E-state index in [2.05, 4.69) is 29.6 Å². The lowest BCUT2D eigenvalue weighted by molar-refractivity contribution is -0.148. The van der Waals surface area contributed by atoms with Crippen molar-refractivity contribution in [2.75, 3.05) is 12.9 Å². The average Bonchev–Trinajstić information content (AvgIpc) is 3.31. The Morgan fingerprint density at radius 2 is 2.10 bits per heavy atom. The van der Waals surface area contributed by atoms with Gasteiger partial charge >= 0.3 is 5.97 Å². The lowest BCUT2D eigenvalue weighted by atomic mass is 9.96. The highest BCUT2D eigenvalue weighted by molar-refractivity contribution is 7.98. The number of hydrogen-bond acceptors (Lipinski definition) is 4. The number of carbonyl (C=O) groups is 1. The van der Waals surface area contributed by atoms with Crippen LogP contribution in [0.4, 0.5) is 0 Å². The summed E-state index contributed by atoms with van der Waals surface area (Å²) in [5.41, 5.74) is 0.831. The molecule has 3 nitrogen and oxygen atoms in total. The predicted molar refractivity (Wildman–Crippen MR) is 88.4 cm³/mol. The van der Waals surface area contributed by atoms with E-state index in [4.69, 9.17) is 4.74 Å². The molecule has 0 saturated heterocycles. The van der Waals surface area contributed by atoms with Crippen molar-refractivity contribution in [1.29, 1.82) is 0 Å². The van der Waals surface area contributed by atoms with Gasteiger partial charge in [-0.1, -0.05) is 30.3 Å². The van der Waals surface area contributed by atoms with Crippen LogP contribution >= 0.6 is 11.8 Å². The van der Waals surface area contributed by atoms with Crippen molar-refractivity contribution < 1.29 is 9.53 Å². The molecule has 2 rings (SSSR count). The second-order valence-electron chi connectivity index (χ2n) is 5.88. The predicted octanol–water partition coefficient (Wildman–Crippen LogP) is 3.38. The van der Waals surface area contributed by atoms with Gasteiger partial charge in [-0.05, 0) is 43.9 Å². The molecule has 1 unspecified atom stereocenters. The lowest BCUT2D eigenvalue weighted by Gasteiger charge is -2.28. The highest BCUT2D eigenvalue weighted by Gasteiger charge is 2.38. The van der Waals surface area contributed by atoms with Gasteiger partial charge in [-0.15, -0.1) is 0 Å². The van der Waals surface area contributed by atoms with Crippen LogP contribution in [0.3, 0.4) is 0 Å². The van der Waals surface area contributed by atoms with Crippen LogP contribution in [-0.4, -0.2) is 30.4 Å². The van der Waals surface area contributed by atoms with E-state index in [1.165, 1.54) is 25.5 Å². The summed E-state index contributed by atoms with van der Waals surface area (Å²) in [6.45, 7) is 1.97. The number of hydrogen-bond donors (Lipinski definition) is 1. The number of thioether (sulfide) groups is 1. The fraction of sp³-hybridized carbons (Fsp3) is 0.588. The number of carbonyl (C=O) groups excluding carboxylic acids is 1. The van der Waals surface area contributed by atoms with Crippen LogP contribution < -0.4 is 5.32 Å². The van der Waals surface area contributed by atoms with E-state index in [-0.39, 0.29) is 5.97 Å². The Morgan fingerprint density at radius 1 is 1.38 bits per heavy atom. The third-order valence-electron chi connectivity index (χ3n) is 3.81. The summed E-state index contributed by atoms with van der Waals surface area (Å²) in [4.78, 5) is 12.0. The van der Waals surface area contributed by atoms with Gasteiger partial charge in [0.2, 0.25) is 0 Å². The summed E-state index contributed by atoms with van der Waals surface area (Å²) in [5.74, 6) is 1.96. The van der Waals surface area contributed by atoms with E-state index in [0.717, 1.165) is 24.3 Å². The van der Waals surface area contributed by atoms with Crippen molar-refractivity contribution in [3.05, 3.63) is 35.9 Å². The first-order chi connectivity index (χ1) is 10.1. The third-order valence-corrected chi connectivity index (χ3v) is 4.93. The van der Waals surface area contributed by atoms with Crippen LogP contribution in [0.2, 0.25) is 0 Å². The van der Waals surface area contributed by atoms with Gasteiger partial charge in [0, 0.05) is 11.8 Å². The normalized spacial score (nSPS) is 17.2. The fourth-order valence-electron chi connectivity index (χ4n) is 2.43. The molecule has 0 heterocycles. The molecule has 1 aromatic rings. The molecule has 4 heteroatoms. The molecule has 1 aliphatic rings. The average molecular weight is 307 g/mol. The first-order valence-electron chi connectivity index (χ1n) is 7.62. The van der Waals surface area contributed by atoms with Gasteiger partial charge in [-0.2, -0.15) is 11.8 Å². The standard InChI is InChI=1S/C17H25NO2S/c1-17(16(19)20-2,18-15-9-10-15)11-6-12-21-13-14-7-4-3-5-8-14/h3-5,7-8,15,18H,6,9-13H2,1-2H3. The molecule has 1 saturated carbocycles. The first-order valence-corrected chi connectivity index (χ1v) is 8.77. The number of rotatable bonds is 9. The lowest BCUT2D eigenvalue weighted by Crippen LogP contribution is -2.51. The van der Waals surface area contributed by atoms with Gasteiger partial charge in [0.1, 0.15) is 5.54 Å². The Kier molecular flexibility index (Phi) is 6.12. The van der Waals surface area contributed by atoms with Crippen molar-refractivity contribution in [2.24, 2.45) is 0 Å². The van der Waals surface area contributed by atoms with Crippen LogP contribution in [0.5, 0.6) is 0 Å². The molecule has 0 bridgehead atoms. The molecule has 0 aliphatic heterocycles. The zero-order chi connectivity index (χ0) is 15.1. The monoisotopic (exact) mass is 307 g/mol. The van der Waals surface area contributed by atoms with E-state index in [9.17, 15) is 4.79 Å². The Morgan fingerprint density at radius 3 is 2.71 bits per heavy atom. The van der Waals surface area contributed by atoms with Crippen molar-refractivity contribution >= 4 is 17.7 Å². The zero-order valence-corrected chi connectivity index (χ0v) is 13.7. The number of methoxy groups -OCH3 is 1. The molecule has 1 aliphatic carbocycles. The molecule has 0 aromatic heterocycles. The van der Waals surface area contributed by atoms with E-state index in [1.807, 2.05) is 24.8 Å². The molecule has 21 heavy (non-hydrogen) atoms. The summed E-state index contributed by atoms with van der Waals surface area (Å²) >= 11 is 1.92. The Hall–Kier alpha value is -1.00. The van der Waals surface area contributed by atoms with Gasteiger partial charge in [-0.3, -0.25) is 10.1 Å². The molecule has 0 radical (unpaired) electrons. The smallest absolute Gasteiger partial charge is 0.325 e. The zero-order valence-electron chi connectivity index (χ0n) is 12.9. The van der Waals surface area contributed by atoms with E-state index >= 15 is 0 Å². The maximum Gasteiger partial charge on any atom is 0.325 e. The van der Waals surface area contributed by atoms with Crippen LogP contribution in [0.1, 0.15) is 38.2 Å². The summed E-state index contributed by atoms with van der Waals surface area (Å²) in [6, 6.07) is 11.0. The van der Waals surface area contributed by atoms with Gasteiger partial charge in [0.15, 0.2) is 0 Å². The molecule has 1 aromatic carbocycles. The molecule has 1 N–H and O–H groups in total. The third kappa shape index (κ3) is 5.36. The maximum atomic E-state index is 12.0. The molecular weight excluding hydrogens is 282 g/mol. The van der Waals surface area contributed by atoms with E-state index in [1.54, 1.807) is 0 Å². The maximum absolute atomic E-state index is 12.0. The first kappa shape index (κ1) is 16.4. The molecule has 116 valence electrons. The van der Waals surface area contributed by atoms with Crippen molar-refractivity contribution in [2.45, 2.75) is 49.9 Å². The largest absolute Gasteiger partial charge is 0.468 e. The van der Waals surface area contributed by atoms with Crippen molar-refractivity contribution in [3.63, 3.8) is 0 Å². The summed E-state index contributed by atoms with van der Waals surface area (Å²) in [7, 11) is 1.47. The quantitative estimate of drug-likeness (QED) is 0.561. The Labute approximate surface area is 131 Å². The number of benzene rings is 1. The van der Waals surface area contributed by atoms with Crippen LogP contribution in [0.15, 0.2) is 30.3 Å². The second kappa shape index (κ2) is 7.85. The summed E-state index contributed by atoms with van der Waals surface area (Å²) in [6.07, 6.45) is 4.20. The minimum atomic E-state index is -0.525. The van der Waals surface area contributed by atoms with Crippen molar-refractivity contribution in [1.82, 2.24) is 5.32 Å². The number of ether oxygens (including phenoxy) is 1. The van der Waals surface area contributed by atoms with E-state index < -0.39 is 5.54 Å². The summed E-state index contributed by atoms with van der Waals surface area (Å²) < 4.78 is 4.96. The minimum absolute atomic E-state index is 0.137. The molecule has 1 atom stereocenters. The Balaban J connectivity index is 1.70. The van der Waals surface area contributed by atoms with Gasteiger partial charge in [-0.25, -0.2) is 0 Å². The number of esters is 1. The second-order valence-corrected chi connectivity index (χ2v) is 6.99. The number of nitrogens with one attached hydrogen (secondary N) is 1. The van der Waals surface area contributed by atoms with Crippen LogP contribution in [0, 0.1) is 0 Å². The SMILES string of the molecule is COC(=O)C(C)(CCCSCc1ccccc1)NC1CC1. The van der Waals surface area contributed by atoms with Gasteiger partial charge < -0.3 is 4.74 Å². The Bertz CT molecular complexity index is 447. The van der Waals surface area contributed by atoms with Crippen LogP contribution in [0.25, 0.3) is 0 Å². The van der Waals surface area contributed by atoms with Gasteiger partial charge in [0.25, 0.3) is 0 Å². The van der Waals surface area contributed by atoms with Crippen LogP contribution in [-0.2, 0) is 15.3 Å². The van der Waals surface area contributed by atoms with Gasteiger partial charge in [0.05, 0.1) is 7.11 Å². The minimum Gasteiger partial charge on any atom is -0.468 e. The molecule has 0 spiro atoms. The van der Waals surface area contributed by atoms with E-state index in [0.29, 0.717) is 6.04 Å².